The molecule has 2 atom stereocenters. The zero-order chi connectivity index (χ0) is 14.7. The van der Waals surface area contributed by atoms with Crippen molar-refractivity contribution in [3.8, 4) is 5.75 Å². The van der Waals surface area contributed by atoms with Crippen molar-refractivity contribution in [1.82, 2.24) is 10.6 Å². The quantitative estimate of drug-likeness (QED) is 0.902. The van der Waals surface area contributed by atoms with Gasteiger partial charge in [0.25, 0.3) is 0 Å². The summed E-state index contributed by atoms with van der Waals surface area (Å²) in [4.78, 5) is 12.1. The van der Waals surface area contributed by atoms with Gasteiger partial charge in [0.2, 0.25) is 0 Å². The van der Waals surface area contributed by atoms with E-state index in [9.17, 15) is 4.79 Å². The number of carbonyl (C=O) groups is 1. The van der Waals surface area contributed by atoms with Gasteiger partial charge in [-0.3, -0.25) is 0 Å². The van der Waals surface area contributed by atoms with Crippen molar-refractivity contribution in [1.29, 1.82) is 0 Å². The number of benzene rings is 1. The van der Waals surface area contributed by atoms with Crippen molar-refractivity contribution >= 4 is 17.8 Å². The first-order valence-electron chi connectivity index (χ1n) is 7.62. The molecule has 0 aliphatic carbocycles. The molecular weight excluding hydrogens is 284 g/mol. The fraction of sp³-hybridized carbons (Fsp3) is 0.562. The van der Waals surface area contributed by atoms with Crippen LogP contribution in [0.4, 0.5) is 4.79 Å². The highest BCUT2D eigenvalue weighted by atomic mass is 32.2. The Bertz CT molecular complexity index is 515. The van der Waals surface area contributed by atoms with E-state index in [1.54, 1.807) is 0 Å². The number of carbonyl (C=O) groups excluding carboxylic acids is 1. The van der Waals surface area contributed by atoms with Gasteiger partial charge >= 0.3 is 6.03 Å². The molecule has 2 amide bonds. The van der Waals surface area contributed by atoms with Crippen LogP contribution in [0.2, 0.25) is 0 Å². The predicted molar refractivity (Wildman–Crippen MR) is 86.0 cm³/mol. The fourth-order valence-corrected chi connectivity index (χ4v) is 4.15. The van der Waals surface area contributed by atoms with Crippen molar-refractivity contribution in [2.45, 2.75) is 37.5 Å². The topological polar surface area (TPSA) is 50.4 Å². The highest BCUT2D eigenvalue weighted by molar-refractivity contribution is 8.00. The van der Waals surface area contributed by atoms with Gasteiger partial charge in [-0.25, -0.2) is 4.79 Å². The minimum atomic E-state index is -0.0677. The Morgan fingerprint density at radius 1 is 1.43 bits per heavy atom. The molecule has 0 unspecified atom stereocenters. The van der Waals surface area contributed by atoms with E-state index in [0.717, 1.165) is 29.8 Å². The summed E-state index contributed by atoms with van der Waals surface area (Å²) in [5, 5.41) is 6.68. The third-order valence-corrected chi connectivity index (χ3v) is 5.49. The molecule has 0 radical (unpaired) electrons. The first-order chi connectivity index (χ1) is 10.2. The van der Waals surface area contributed by atoms with Crippen LogP contribution in [0.5, 0.6) is 5.75 Å². The number of urea groups is 1. The minimum Gasteiger partial charge on any atom is -0.493 e. The van der Waals surface area contributed by atoms with Crippen molar-refractivity contribution in [2.75, 3.05) is 18.9 Å². The number of para-hydroxylation sites is 1. The average molecular weight is 306 g/mol. The van der Waals surface area contributed by atoms with Gasteiger partial charge in [-0.05, 0) is 31.1 Å². The number of thioether (sulfide) groups is 1. The molecule has 114 valence electrons. The van der Waals surface area contributed by atoms with Crippen LogP contribution in [-0.2, 0) is 0 Å². The second-order valence-electron chi connectivity index (χ2n) is 5.67. The Morgan fingerprint density at radius 2 is 2.33 bits per heavy atom. The molecular formula is C16H22N2O2S. The summed E-state index contributed by atoms with van der Waals surface area (Å²) in [5.74, 6) is 2.15. The van der Waals surface area contributed by atoms with Crippen molar-refractivity contribution in [2.24, 2.45) is 0 Å². The lowest BCUT2D eigenvalue weighted by Crippen LogP contribution is -2.41. The van der Waals surface area contributed by atoms with Crippen LogP contribution in [0, 0.1) is 6.92 Å². The Labute approximate surface area is 130 Å². The maximum atomic E-state index is 12.1. The molecule has 21 heavy (non-hydrogen) atoms. The van der Waals surface area contributed by atoms with Gasteiger partial charge in [0, 0.05) is 23.8 Å². The summed E-state index contributed by atoms with van der Waals surface area (Å²) < 4.78 is 5.73. The molecule has 2 N–H and O–H groups in total. The lowest BCUT2D eigenvalue weighted by Gasteiger charge is -2.28. The smallest absolute Gasteiger partial charge is 0.315 e. The summed E-state index contributed by atoms with van der Waals surface area (Å²) in [6.45, 7) is 3.46. The predicted octanol–water partition coefficient (Wildman–Crippen LogP) is 3.01. The van der Waals surface area contributed by atoms with Gasteiger partial charge in [0.05, 0.1) is 12.6 Å². The monoisotopic (exact) mass is 306 g/mol. The SMILES string of the molecule is Cc1cccc2c1OCC[C@H]2NC(=O)NC[C@@H]1CCCS1. The van der Waals surface area contributed by atoms with Crippen molar-refractivity contribution < 1.29 is 9.53 Å². The Kier molecular flexibility index (Phi) is 4.58. The van der Waals surface area contributed by atoms with Gasteiger partial charge in [0.15, 0.2) is 0 Å². The van der Waals surface area contributed by atoms with Gasteiger partial charge in [-0.1, -0.05) is 18.2 Å². The summed E-state index contributed by atoms with van der Waals surface area (Å²) in [6, 6.07) is 6.08. The largest absolute Gasteiger partial charge is 0.493 e. The molecule has 2 aliphatic heterocycles. The molecule has 1 aromatic rings. The third kappa shape index (κ3) is 3.46. The molecule has 1 saturated heterocycles. The van der Waals surface area contributed by atoms with Crippen LogP contribution < -0.4 is 15.4 Å². The van der Waals surface area contributed by atoms with Gasteiger partial charge in [-0.15, -0.1) is 0 Å². The highest BCUT2D eigenvalue weighted by Crippen LogP contribution is 2.34. The normalized spacial score (nSPS) is 24.0. The van der Waals surface area contributed by atoms with E-state index in [2.05, 4.69) is 10.6 Å². The average Bonchev–Trinajstić information content (AvgIpc) is 3.00. The zero-order valence-electron chi connectivity index (χ0n) is 12.4. The first kappa shape index (κ1) is 14.6. The number of amides is 2. The van der Waals surface area contributed by atoms with E-state index in [1.807, 2.05) is 36.9 Å². The number of hydrogen-bond acceptors (Lipinski definition) is 3. The molecule has 0 spiro atoms. The lowest BCUT2D eigenvalue weighted by atomic mass is 9.98. The van der Waals surface area contributed by atoms with E-state index < -0.39 is 0 Å². The molecule has 0 bridgehead atoms. The third-order valence-electron chi connectivity index (χ3n) is 4.09. The fourth-order valence-electron chi connectivity index (χ4n) is 2.95. The molecule has 0 saturated carbocycles. The summed E-state index contributed by atoms with van der Waals surface area (Å²) in [5.41, 5.74) is 2.22. The van der Waals surface area contributed by atoms with E-state index in [-0.39, 0.29) is 12.1 Å². The number of ether oxygens (including phenoxy) is 1. The maximum absolute atomic E-state index is 12.1. The maximum Gasteiger partial charge on any atom is 0.315 e. The second-order valence-corrected chi connectivity index (χ2v) is 7.08. The standard InChI is InChI=1S/C16H22N2O2S/c1-11-4-2-6-13-14(7-8-20-15(11)13)18-16(19)17-10-12-5-3-9-21-12/h2,4,6,12,14H,3,5,7-10H2,1H3,(H2,17,18,19)/t12-,14+/m0/s1. The van der Waals surface area contributed by atoms with Crippen molar-refractivity contribution in [3.63, 3.8) is 0 Å². The Hall–Kier alpha value is -1.36. The van der Waals surface area contributed by atoms with Gasteiger partial charge < -0.3 is 15.4 Å². The zero-order valence-corrected chi connectivity index (χ0v) is 13.2. The lowest BCUT2D eigenvalue weighted by molar-refractivity contribution is 0.223. The van der Waals surface area contributed by atoms with E-state index in [1.165, 1.54) is 18.6 Å². The highest BCUT2D eigenvalue weighted by Gasteiger charge is 2.24. The molecule has 5 heteroatoms. The number of rotatable bonds is 3. The molecule has 1 aromatic carbocycles. The van der Waals surface area contributed by atoms with Crippen LogP contribution >= 0.6 is 11.8 Å². The van der Waals surface area contributed by atoms with Crippen LogP contribution in [0.3, 0.4) is 0 Å². The molecule has 4 nitrogen and oxygen atoms in total. The Morgan fingerprint density at radius 3 is 3.14 bits per heavy atom. The van der Waals surface area contributed by atoms with Crippen LogP contribution in [0.1, 0.15) is 36.4 Å². The summed E-state index contributed by atoms with van der Waals surface area (Å²) in [6.07, 6.45) is 3.30. The number of fused-ring (bicyclic) bond motifs is 1. The van der Waals surface area contributed by atoms with Crippen LogP contribution in [0.25, 0.3) is 0 Å². The summed E-state index contributed by atoms with van der Waals surface area (Å²) >= 11 is 1.96. The van der Waals surface area contributed by atoms with Crippen LogP contribution in [0.15, 0.2) is 18.2 Å². The first-order valence-corrected chi connectivity index (χ1v) is 8.67. The minimum absolute atomic E-state index is 0.0462. The van der Waals surface area contributed by atoms with Crippen LogP contribution in [-0.4, -0.2) is 30.2 Å². The van der Waals surface area contributed by atoms with E-state index >= 15 is 0 Å². The number of aryl methyl sites for hydroxylation is 1. The van der Waals surface area contributed by atoms with Crippen molar-refractivity contribution in [3.05, 3.63) is 29.3 Å². The molecule has 2 aliphatic rings. The van der Waals surface area contributed by atoms with E-state index in [0.29, 0.717) is 11.9 Å². The molecule has 2 heterocycles. The van der Waals surface area contributed by atoms with Gasteiger partial charge in [-0.2, -0.15) is 11.8 Å². The number of nitrogens with one attached hydrogen (secondary N) is 2. The second kappa shape index (κ2) is 6.60. The molecule has 0 aromatic heterocycles. The molecule has 3 rings (SSSR count). The van der Waals surface area contributed by atoms with Gasteiger partial charge in [0.1, 0.15) is 5.75 Å². The number of hydrogen-bond donors (Lipinski definition) is 2. The summed E-state index contributed by atoms with van der Waals surface area (Å²) in [7, 11) is 0. The molecule has 1 fully saturated rings. The van der Waals surface area contributed by atoms with E-state index in [4.69, 9.17) is 4.74 Å². The Balaban J connectivity index is 1.58.